The lowest BCUT2D eigenvalue weighted by atomic mass is 9.97. The van der Waals surface area contributed by atoms with Gasteiger partial charge in [-0.15, -0.1) is 11.3 Å². The molecule has 0 saturated carbocycles. The van der Waals surface area contributed by atoms with Crippen LogP contribution in [-0.4, -0.2) is 34.1 Å². The average molecular weight is 427 g/mol. The Morgan fingerprint density at radius 2 is 1.93 bits per heavy atom. The smallest absolute Gasteiger partial charge is 0.307 e. The van der Waals surface area contributed by atoms with E-state index < -0.39 is 11.2 Å². The predicted molar refractivity (Wildman–Crippen MR) is 116 cm³/mol. The van der Waals surface area contributed by atoms with Crippen molar-refractivity contribution in [2.75, 3.05) is 7.11 Å². The van der Waals surface area contributed by atoms with Crippen molar-refractivity contribution in [1.82, 2.24) is 9.97 Å². The Morgan fingerprint density at radius 1 is 1.17 bits per heavy atom. The summed E-state index contributed by atoms with van der Waals surface area (Å²) in [5.41, 5.74) is 1.91. The van der Waals surface area contributed by atoms with E-state index in [0.717, 1.165) is 34.5 Å². The Balaban J connectivity index is 1.75. The third-order valence-corrected chi connectivity index (χ3v) is 7.45. The largest absolute Gasteiger partial charge is 0.469 e. The molecule has 4 rings (SSSR count). The predicted octanol–water partition coefficient (Wildman–Crippen LogP) is 4.79. The molecule has 1 unspecified atom stereocenters. The van der Waals surface area contributed by atoms with E-state index in [0.29, 0.717) is 11.4 Å². The Hall–Kier alpha value is -2.25. The van der Waals surface area contributed by atoms with E-state index >= 15 is 0 Å². The summed E-state index contributed by atoms with van der Waals surface area (Å²) in [4.78, 5) is 36.9. The second kappa shape index (κ2) is 8.63. The van der Waals surface area contributed by atoms with Crippen molar-refractivity contribution in [1.29, 1.82) is 0 Å². The minimum atomic E-state index is -0.596. The molecule has 2 heterocycles. The molecule has 1 aliphatic rings. The third kappa shape index (κ3) is 4.21. The highest BCUT2D eigenvalue weighted by molar-refractivity contribution is 8.00. The molecule has 5 nitrogen and oxygen atoms in total. The van der Waals surface area contributed by atoms with Gasteiger partial charge in [-0.25, -0.2) is 9.97 Å². The second-order valence-corrected chi connectivity index (χ2v) is 9.36. The van der Waals surface area contributed by atoms with Crippen molar-refractivity contribution in [3.63, 3.8) is 0 Å². The summed E-state index contributed by atoms with van der Waals surface area (Å²) < 4.78 is 4.86. The van der Waals surface area contributed by atoms with E-state index in [4.69, 9.17) is 4.74 Å². The number of aromatic nitrogens is 2. The number of aryl methyl sites for hydroxylation is 3. The van der Waals surface area contributed by atoms with Crippen LogP contribution in [0.5, 0.6) is 0 Å². The Labute approximate surface area is 177 Å². The van der Waals surface area contributed by atoms with Crippen molar-refractivity contribution in [2.24, 2.45) is 0 Å². The molecule has 0 bridgehead atoms. The first-order valence-corrected chi connectivity index (χ1v) is 11.4. The fraction of sp³-hybridized carbons (Fsp3) is 0.364. The van der Waals surface area contributed by atoms with Gasteiger partial charge in [0.2, 0.25) is 0 Å². The fourth-order valence-corrected chi connectivity index (χ4v) is 6.28. The van der Waals surface area contributed by atoms with E-state index in [2.05, 4.69) is 9.97 Å². The highest BCUT2D eigenvalue weighted by Gasteiger charge is 2.28. The molecule has 7 heteroatoms. The van der Waals surface area contributed by atoms with Crippen molar-refractivity contribution in [2.45, 2.75) is 49.3 Å². The molecule has 0 fully saturated rings. The first kappa shape index (κ1) is 20.0. The lowest BCUT2D eigenvalue weighted by Gasteiger charge is -2.16. The second-order valence-electron chi connectivity index (χ2n) is 7.08. The van der Waals surface area contributed by atoms with Crippen LogP contribution < -0.4 is 0 Å². The molecule has 1 aromatic carbocycles. The third-order valence-electron chi connectivity index (χ3n) is 5.08. The number of Topliss-reactive ketones (excluding diaryl/α,β-unsaturated/α-hetero) is 1. The molecule has 3 aromatic rings. The van der Waals surface area contributed by atoms with Gasteiger partial charge in [0.05, 0.1) is 18.8 Å². The zero-order chi connectivity index (χ0) is 20.4. The maximum atomic E-state index is 13.2. The molecule has 0 aliphatic heterocycles. The number of rotatable bonds is 6. The minimum Gasteiger partial charge on any atom is -0.469 e. The summed E-state index contributed by atoms with van der Waals surface area (Å²) in [6, 6.07) is 9.08. The number of thioether (sulfide) groups is 1. The Kier molecular flexibility index (Phi) is 5.96. The standard InChI is InChI=1S/C22H22N2O3S2/c1-13-23-21-19(15-10-6-7-11-16(15)28-21)22(24-13)29-17(12-18(25)27-2)20(26)14-8-4-3-5-9-14/h3-5,8-9,17H,6-7,10-12H2,1-2H3. The van der Waals surface area contributed by atoms with Gasteiger partial charge in [0.25, 0.3) is 0 Å². The van der Waals surface area contributed by atoms with Gasteiger partial charge in [0, 0.05) is 15.8 Å². The number of carbonyl (C=O) groups excluding carboxylic acids is 2. The van der Waals surface area contributed by atoms with Gasteiger partial charge in [-0.2, -0.15) is 0 Å². The van der Waals surface area contributed by atoms with Crippen LogP contribution in [0.25, 0.3) is 10.2 Å². The van der Waals surface area contributed by atoms with Crippen LogP contribution >= 0.6 is 23.1 Å². The molecule has 2 aromatic heterocycles. The molecule has 0 saturated heterocycles. The number of ketones is 1. The number of hydrogen-bond donors (Lipinski definition) is 0. The van der Waals surface area contributed by atoms with Crippen molar-refractivity contribution < 1.29 is 14.3 Å². The number of hydrogen-bond acceptors (Lipinski definition) is 7. The molecule has 0 radical (unpaired) electrons. The molecule has 0 amide bonds. The van der Waals surface area contributed by atoms with Crippen molar-refractivity contribution >= 4 is 45.1 Å². The SMILES string of the molecule is COC(=O)CC(Sc1nc(C)nc2sc3c(c12)CCCC3)C(=O)c1ccccc1. The van der Waals surface area contributed by atoms with Gasteiger partial charge in [-0.05, 0) is 38.2 Å². The Morgan fingerprint density at radius 3 is 2.69 bits per heavy atom. The van der Waals surface area contributed by atoms with E-state index in [9.17, 15) is 9.59 Å². The first-order valence-electron chi connectivity index (χ1n) is 9.68. The van der Waals surface area contributed by atoms with Crippen LogP contribution in [0.3, 0.4) is 0 Å². The zero-order valence-corrected chi connectivity index (χ0v) is 18.1. The van der Waals surface area contributed by atoms with Gasteiger partial charge in [-0.3, -0.25) is 9.59 Å². The van der Waals surface area contributed by atoms with Crippen LogP contribution in [0.15, 0.2) is 35.4 Å². The molecule has 29 heavy (non-hydrogen) atoms. The summed E-state index contributed by atoms with van der Waals surface area (Å²) in [5.74, 6) is 0.193. The molecule has 0 N–H and O–H groups in total. The van der Waals surface area contributed by atoms with E-state index in [1.165, 1.54) is 35.7 Å². The number of nitrogens with zero attached hydrogens (tertiary/aromatic N) is 2. The highest BCUT2D eigenvalue weighted by Crippen LogP contribution is 2.41. The number of benzene rings is 1. The molecule has 1 atom stereocenters. The zero-order valence-electron chi connectivity index (χ0n) is 16.4. The van der Waals surface area contributed by atoms with Crippen LogP contribution in [0, 0.1) is 6.92 Å². The number of fused-ring (bicyclic) bond motifs is 3. The number of ether oxygens (including phenoxy) is 1. The molecule has 150 valence electrons. The van der Waals surface area contributed by atoms with Crippen LogP contribution in [0.2, 0.25) is 0 Å². The number of carbonyl (C=O) groups is 2. The van der Waals surface area contributed by atoms with E-state index in [-0.39, 0.29) is 12.2 Å². The summed E-state index contributed by atoms with van der Waals surface area (Å²) >= 11 is 3.10. The van der Waals surface area contributed by atoms with Crippen molar-refractivity contribution in [3.8, 4) is 0 Å². The van der Waals surface area contributed by atoms with Gasteiger partial charge >= 0.3 is 5.97 Å². The van der Waals surface area contributed by atoms with Gasteiger partial charge < -0.3 is 4.74 Å². The minimum absolute atomic E-state index is 0.00572. The normalized spacial score (nSPS) is 14.4. The molecular weight excluding hydrogens is 404 g/mol. The Bertz CT molecular complexity index is 1060. The average Bonchev–Trinajstić information content (AvgIpc) is 3.11. The fourth-order valence-electron chi connectivity index (χ4n) is 3.66. The van der Waals surface area contributed by atoms with Crippen LogP contribution in [0.4, 0.5) is 0 Å². The number of thiophene rings is 1. The van der Waals surface area contributed by atoms with Gasteiger partial charge in [0.1, 0.15) is 15.7 Å². The number of esters is 1. The van der Waals surface area contributed by atoms with Crippen LogP contribution in [-0.2, 0) is 22.4 Å². The van der Waals surface area contributed by atoms with Crippen molar-refractivity contribution in [3.05, 3.63) is 52.2 Å². The van der Waals surface area contributed by atoms with Gasteiger partial charge in [0.15, 0.2) is 5.78 Å². The lowest BCUT2D eigenvalue weighted by molar-refractivity contribution is -0.140. The quantitative estimate of drug-likeness (QED) is 0.244. The highest BCUT2D eigenvalue weighted by atomic mass is 32.2. The summed E-state index contributed by atoms with van der Waals surface area (Å²) in [6.45, 7) is 1.87. The lowest BCUT2D eigenvalue weighted by Crippen LogP contribution is -2.22. The van der Waals surface area contributed by atoms with E-state index in [1.807, 2.05) is 25.1 Å². The number of methoxy groups -OCH3 is 1. The monoisotopic (exact) mass is 426 g/mol. The molecule has 1 aliphatic carbocycles. The maximum Gasteiger partial charge on any atom is 0.307 e. The summed E-state index contributed by atoms with van der Waals surface area (Å²) in [7, 11) is 1.35. The molecular formula is C22H22N2O3S2. The first-order chi connectivity index (χ1) is 14.1. The topological polar surface area (TPSA) is 69.2 Å². The van der Waals surface area contributed by atoms with Gasteiger partial charge in [-0.1, -0.05) is 42.1 Å². The summed E-state index contributed by atoms with van der Waals surface area (Å²) in [5, 5.41) is 1.27. The van der Waals surface area contributed by atoms with Crippen LogP contribution in [0.1, 0.15) is 45.9 Å². The van der Waals surface area contributed by atoms with E-state index in [1.54, 1.807) is 23.5 Å². The maximum absolute atomic E-state index is 13.2. The molecule has 0 spiro atoms. The summed E-state index contributed by atoms with van der Waals surface area (Å²) in [6.07, 6.45) is 4.46.